The number of rotatable bonds is 9. The first-order chi connectivity index (χ1) is 15.3. The molecule has 0 fully saturated rings. The van der Waals surface area contributed by atoms with Crippen molar-refractivity contribution in [3.8, 4) is 5.69 Å². The zero-order chi connectivity index (χ0) is 23.1. The van der Waals surface area contributed by atoms with Crippen molar-refractivity contribution >= 4 is 27.6 Å². The van der Waals surface area contributed by atoms with Crippen LogP contribution in [-0.2, 0) is 19.6 Å². The summed E-state index contributed by atoms with van der Waals surface area (Å²) in [5.74, 6) is -1.19. The summed E-state index contributed by atoms with van der Waals surface area (Å²) >= 11 is 0. The van der Waals surface area contributed by atoms with Crippen LogP contribution in [-0.4, -0.2) is 59.1 Å². The van der Waals surface area contributed by atoms with E-state index in [-0.39, 0.29) is 4.90 Å². The van der Waals surface area contributed by atoms with Crippen molar-refractivity contribution < 1.29 is 22.7 Å². The molecule has 168 valence electrons. The molecule has 0 radical (unpaired) electrons. The highest BCUT2D eigenvalue weighted by atomic mass is 32.2. The highest BCUT2D eigenvalue weighted by molar-refractivity contribution is 7.89. The second-order valence-electron chi connectivity index (χ2n) is 6.65. The molecule has 0 aliphatic heterocycles. The van der Waals surface area contributed by atoms with Crippen LogP contribution in [0.4, 0.5) is 5.69 Å². The Labute approximate surface area is 185 Å². The van der Waals surface area contributed by atoms with E-state index >= 15 is 0 Å². The van der Waals surface area contributed by atoms with Crippen LogP contribution in [0, 0.1) is 0 Å². The van der Waals surface area contributed by atoms with Crippen molar-refractivity contribution in [3.05, 3.63) is 66.7 Å². The SMILES string of the molecule is CCN(CC)S(=O)(=O)c1ccc(NC(=O)COC(=O)c2ccc(-n3cnnc3)cc2)cc1. The van der Waals surface area contributed by atoms with E-state index in [4.69, 9.17) is 4.74 Å². The predicted molar refractivity (Wildman–Crippen MR) is 117 cm³/mol. The van der Waals surface area contributed by atoms with Gasteiger partial charge in [-0.15, -0.1) is 10.2 Å². The number of esters is 1. The molecule has 1 heterocycles. The molecule has 0 aliphatic carbocycles. The van der Waals surface area contributed by atoms with Gasteiger partial charge in [0, 0.05) is 24.5 Å². The average Bonchev–Trinajstić information content (AvgIpc) is 3.33. The molecule has 3 aromatic rings. The third kappa shape index (κ3) is 5.37. The molecule has 1 aromatic heterocycles. The monoisotopic (exact) mass is 457 g/mol. The van der Waals surface area contributed by atoms with E-state index in [0.717, 1.165) is 5.69 Å². The van der Waals surface area contributed by atoms with Crippen molar-refractivity contribution in [2.24, 2.45) is 0 Å². The zero-order valence-corrected chi connectivity index (χ0v) is 18.4. The van der Waals surface area contributed by atoms with Crippen LogP contribution in [0.3, 0.4) is 0 Å². The Hall–Kier alpha value is -3.57. The van der Waals surface area contributed by atoms with Gasteiger partial charge in [-0.25, -0.2) is 13.2 Å². The van der Waals surface area contributed by atoms with Crippen LogP contribution in [0.25, 0.3) is 5.69 Å². The van der Waals surface area contributed by atoms with E-state index in [1.165, 1.54) is 41.2 Å². The van der Waals surface area contributed by atoms with E-state index < -0.39 is 28.5 Å². The Bertz CT molecular complexity index is 1160. The lowest BCUT2D eigenvalue weighted by molar-refractivity contribution is -0.119. The van der Waals surface area contributed by atoms with Crippen molar-refractivity contribution in [2.75, 3.05) is 25.0 Å². The van der Waals surface area contributed by atoms with Gasteiger partial charge in [-0.05, 0) is 48.5 Å². The van der Waals surface area contributed by atoms with Crippen LogP contribution < -0.4 is 5.32 Å². The van der Waals surface area contributed by atoms with Gasteiger partial charge in [0.05, 0.1) is 10.5 Å². The number of carbonyl (C=O) groups is 2. The van der Waals surface area contributed by atoms with Gasteiger partial charge in [-0.3, -0.25) is 9.36 Å². The van der Waals surface area contributed by atoms with Gasteiger partial charge in [0.25, 0.3) is 5.91 Å². The molecule has 10 nitrogen and oxygen atoms in total. The maximum atomic E-state index is 12.5. The molecule has 0 saturated carbocycles. The second kappa shape index (κ2) is 10.2. The van der Waals surface area contributed by atoms with Crippen LogP contribution in [0.5, 0.6) is 0 Å². The molecule has 0 unspecified atom stereocenters. The summed E-state index contributed by atoms with van der Waals surface area (Å²) in [6.07, 6.45) is 3.06. The van der Waals surface area contributed by atoms with Gasteiger partial charge in [-0.2, -0.15) is 4.31 Å². The Morgan fingerprint density at radius 2 is 1.56 bits per heavy atom. The fraction of sp³-hybridized carbons (Fsp3) is 0.238. The zero-order valence-electron chi connectivity index (χ0n) is 17.6. The second-order valence-corrected chi connectivity index (χ2v) is 8.59. The molecular formula is C21H23N5O5S. The number of amides is 1. The number of anilines is 1. The van der Waals surface area contributed by atoms with Gasteiger partial charge in [0.1, 0.15) is 12.7 Å². The Balaban J connectivity index is 1.54. The summed E-state index contributed by atoms with van der Waals surface area (Å²) in [4.78, 5) is 24.4. The van der Waals surface area contributed by atoms with Crippen molar-refractivity contribution in [2.45, 2.75) is 18.7 Å². The van der Waals surface area contributed by atoms with E-state index in [2.05, 4.69) is 15.5 Å². The molecule has 11 heteroatoms. The molecule has 0 saturated heterocycles. The highest BCUT2D eigenvalue weighted by Gasteiger charge is 2.21. The van der Waals surface area contributed by atoms with Crippen LogP contribution in [0.2, 0.25) is 0 Å². The number of carbonyl (C=O) groups excluding carboxylic acids is 2. The summed E-state index contributed by atoms with van der Waals surface area (Å²) in [5, 5.41) is 10.0. The van der Waals surface area contributed by atoms with Crippen LogP contribution in [0.15, 0.2) is 66.1 Å². The molecule has 0 atom stereocenters. The Morgan fingerprint density at radius 1 is 0.969 bits per heavy atom. The summed E-state index contributed by atoms with van der Waals surface area (Å²) in [5.41, 5.74) is 1.46. The maximum absolute atomic E-state index is 12.5. The summed E-state index contributed by atoms with van der Waals surface area (Å²) < 4.78 is 33.1. The van der Waals surface area contributed by atoms with Gasteiger partial charge in [-0.1, -0.05) is 13.8 Å². The largest absolute Gasteiger partial charge is 0.452 e. The minimum atomic E-state index is -3.57. The van der Waals surface area contributed by atoms with E-state index in [1.54, 1.807) is 42.7 Å². The third-order valence-corrected chi connectivity index (χ3v) is 6.70. The van der Waals surface area contributed by atoms with Crippen molar-refractivity contribution in [3.63, 3.8) is 0 Å². The van der Waals surface area contributed by atoms with Gasteiger partial charge in [0.15, 0.2) is 6.61 Å². The number of aromatic nitrogens is 3. The number of sulfonamides is 1. The highest BCUT2D eigenvalue weighted by Crippen LogP contribution is 2.18. The Kier molecular flexibility index (Phi) is 7.33. The molecule has 2 aromatic carbocycles. The number of nitrogens with zero attached hydrogens (tertiary/aromatic N) is 4. The standard InChI is InChI=1S/C21H23N5O5S/c1-3-26(4-2)32(29,30)19-11-7-17(8-12-19)24-20(27)13-31-21(28)16-5-9-18(10-6-16)25-14-22-23-15-25/h5-12,14-15H,3-4,13H2,1-2H3,(H,24,27). The van der Waals surface area contributed by atoms with Crippen LogP contribution >= 0.6 is 0 Å². The lowest BCUT2D eigenvalue weighted by Gasteiger charge is -2.18. The van der Waals surface area contributed by atoms with Gasteiger partial charge < -0.3 is 10.1 Å². The van der Waals surface area contributed by atoms with Crippen LogP contribution in [0.1, 0.15) is 24.2 Å². The van der Waals surface area contributed by atoms with E-state index in [0.29, 0.717) is 24.3 Å². The Morgan fingerprint density at radius 3 is 2.12 bits per heavy atom. The minimum absolute atomic E-state index is 0.139. The fourth-order valence-electron chi connectivity index (χ4n) is 2.94. The quantitative estimate of drug-likeness (QED) is 0.488. The van der Waals surface area contributed by atoms with Gasteiger partial charge >= 0.3 is 5.97 Å². The minimum Gasteiger partial charge on any atom is -0.452 e. The first-order valence-corrected chi connectivity index (χ1v) is 11.3. The molecule has 0 aliphatic rings. The number of benzene rings is 2. The maximum Gasteiger partial charge on any atom is 0.338 e. The van der Waals surface area contributed by atoms with Crippen molar-refractivity contribution in [1.82, 2.24) is 19.1 Å². The third-order valence-electron chi connectivity index (χ3n) is 4.64. The summed E-state index contributed by atoms with van der Waals surface area (Å²) in [6.45, 7) is 3.79. The molecule has 32 heavy (non-hydrogen) atoms. The molecule has 0 spiro atoms. The van der Waals surface area contributed by atoms with Crippen molar-refractivity contribution in [1.29, 1.82) is 0 Å². The molecule has 1 amide bonds. The number of hydrogen-bond donors (Lipinski definition) is 1. The normalized spacial score (nSPS) is 11.3. The first kappa shape index (κ1) is 23.1. The van der Waals surface area contributed by atoms with E-state index in [1.807, 2.05) is 0 Å². The molecule has 0 bridgehead atoms. The first-order valence-electron chi connectivity index (χ1n) is 9.87. The van der Waals surface area contributed by atoms with E-state index in [9.17, 15) is 18.0 Å². The lowest BCUT2D eigenvalue weighted by Crippen LogP contribution is -2.30. The van der Waals surface area contributed by atoms with Gasteiger partial charge in [0.2, 0.25) is 10.0 Å². The lowest BCUT2D eigenvalue weighted by atomic mass is 10.2. The molecular weight excluding hydrogens is 434 g/mol. The summed E-state index contributed by atoms with van der Waals surface area (Å²) in [6, 6.07) is 12.4. The smallest absolute Gasteiger partial charge is 0.338 e. The average molecular weight is 458 g/mol. The number of ether oxygens (including phenoxy) is 1. The predicted octanol–water partition coefficient (Wildman–Crippen LogP) is 2.09. The molecule has 1 N–H and O–H groups in total. The fourth-order valence-corrected chi connectivity index (χ4v) is 4.40. The number of nitrogens with one attached hydrogen (secondary N) is 1. The number of hydrogen-bond acceptors (Lipinski definition) is 7. The topological polar surface area (TPSA) is 123 Å². The molecule has 3 rings (SSSR count). The summed E-state index contributed by atoms with van der Waals surface area (Å²) in [7, 11) is -3.57.